The maximum Gasteiger partial charge on any atom is 0.252 e. The smallest absolute Gasteiger partial charge is 0.206 e. The highest BCUT2D eigenvalue weighted by molar-refractivity contribution is 7.91. The normalized spacial score (nSPS) is 18.7. The summed E-state index contributed by atoms with van der Waals surface area (Å²) in [7, 11) is -3.26. The van der Waals surface area contributed by atoms with Gasteiger partial charge in [-0.15, -0.1) is 11.3 Å². The number of hydrogen-bond donors (Lipinski definition) is 0. The van der Waals surface area contributed by atoms with Gasteiger partial charge >= 0.3 is 0 Å². The molecular formula is C12H19NO2S2. The molecule has 1 aliphatic carbocycles. The maximum absolute atomic E-state index is 12.5. The minimum absolute atomic E-state index is 0.209. The molecule has 0 aliphatic heterocycles. The van der Waals surface area contributed by atoms with Crippen LogP contribution in [0.1, 0.15) is 39.0 Å². The third-order valence-corrected chi connectivity index (χ3v) is 6.75. The first-order valence-electron chi connectivity index (χ1n) is 6.21. The van der Waals surface area contributed by atoms with E-state index in [-0.39, 0.29) is 6.04 Å². The van der Waals surface area contributed by atoms with Crippen molar-refractivity contribution in [2.45, 2.75) is 49.3 Å². The molecule has 17 heavy (non-hydrogen) atoms. The van der Waals surface area contributed by atoms with E-state index in [0.717, 1.165) is 25.7 Å². The van der Waals surface area contributed by atoms with Gasteiger partial charge in [-0.05, 0) is 24.3 Å². The minimum Gasteiger partial charge on any atom is -0.206 e. The van der Waals surface area contributed by atoms with Crippen LogP contribution in [0, 0.1) is 0 Å². The molecule has 96 valence electrons. The second kappa shape index (κ2) is 5.50. The topological polar surface area (TPSA) is 37.4 Å². The van der Waals surface area contributed by atoms with Gasteiger partial charge < -0.3 is 0 Å². The van der Waals surface area contributed by atoms with Crippen molar-refractivity contribution >= 4 is 21.4 Å². The molecule has 2 rings (SSSR count). The van der Waals surface area contributed by atoms with E-state index in [4.69, 9.17) is 0 Å². The van der Waals surface area contributed by atoms with Crippen LogP contribution in [0.4, 0.5) is 0 Å². The highest BCUT2D eigenvalue weighted by Gasteiger charge is 2.31. The molecule has 0 amide bonds. The molecular weight excluding hydrogens is 254 g/mol. The fourth-order valence-corrected chi connectivity index (χ4v) is 5.33. The lowest BCUT2D eigenvalue weighted by molar-refractivity contribution is 0.262. The van der Waals surface area contributed by atoms with Crippen molar-refractivity contribution in [3.05, 3.63) is 17.5 Å². The summed E-state index contributed by atoms with van der Waals surface area (Å²) in [6.07, 6.45) is 5.58. The summed E-state index contributed by atoms with van der Waals surface area (Å²) < 4.78 is 27.1. The number of rotatable bonds is 4. The fraction of sp³-hybridized carbons (Fsp3) is 0.667. The van der Waals surface area contributed by atoms with Crippen LogP contribution in [0.5, 0.6) is 0 Å². The number of nitrogens with zero attached hydrogens (tertiary/aromatic N) is 1. The molecule has 0 N–H and O–H groups in total. The van der Waals surface area contributed by atoms with Crippen LogP contribution in [0.15, 0.2) is 21.7 Å². The van der Waals surface area contributed by atoms with E-state index in [1.807, 2.05) is 12.3 Å². The van der Waals surface area contributed by atoms with E-state index in [9.17, 15) is 8.42 Å². The van der Waals surface area contributed by atoms with Crippen molar-refractivity contribution in [1.29, 1.82) is 0 Å². The quantitative estimate of drug-likeness (QED) is 0.845. The fourth-order valence-electron chi connectivity index (χ4n) is 2.52. The lowest BCUT2D eigenvalue weighted by Crippen LogP contribution is -2.40. The molecule has 0 spiro atoms. The highest BCUT2D eigenvalue weighted by Crippen LogP contribution is 2.29. The SMILES string of the molecule is CCN(C1CCCCC1)S(=O)(=O)c1cccs1. The van der Waals surface area contributed by atoms with Gasteiger partial charge in [-0.1, -0.05) is 32.3 Å². The highest BCUT2D eigenvalue weighted by atomic mass is 32.2. The Bertz CT molecular complexity index is 433. The predicted molar refractivity (Wildman–Crippen MR) is 70.8 cm³/mol. The summed E-state index contributed by atoms with van der Waals surface area (Å²) in [5, 5.41) is 1.82. The maximum atomic E-state index is 12.5. The molecule has 0 radical (unpaired) electrons. The van der Waals surface area contributed by atoms with E-state index in [0.29, 0.717) is 10.8 Å². The number of sulfonamides is 1. The second-order valence-electron chi connectivity index (χ2n) is 4.43. The van der Waals surface area contributed by atoms with Crippen LogP contribution < -0.4 is 0 Å². The van der Waals surface area contributed by atoms with Crippen LogP contribution >= 0.6 is 11.3 Å². The summed E-state index contributed by atoms with van der Waals surface area (Å²) in [5.41, 5.74) is 0. The van der Waals surface area contributed by atoms with Gasteiger partial charge in [0, 0.05) is 12.6 Å². The van der Waals surface area contributed by atoms with Crippen LogP contribution in [0.2, 0.25) is 0 Å². The minimum atomic E-state index is -3.26. The van der Waals surface area contributed by atoms with E-state index in [2.05, 4.69) is 0 Å². The van der Waals surface area contributed by atoms with Crippen LogP contribution in [-0.2, 0) is 10.0 Å². The summed E-state index contributed by atoms with van der Waals surface area (Å²) in [5.74, 6) is 0. The molecule has 3 nitrogen and oxygen atoms in total. The number of hydrogen-bond acceptors (Lipinski definition) is 3. The summed E-state index contributed by atoms with van der Waals surface area (Å²) >= 11 is 1.31. The zero-order valence-electron chi connectivity index (χ0n) is 10.1. The van der Waals surface area contributed by atoms with Gasteiger partial charge in [0.1, 0.15) is 4.21 Å². The molecule has 0 saturated heterocycles. The lowest BCUT2D eigenvalue weighted by Gasteiger charge is -2.32. The Kier molecular flexibility index (Phi) is 4.22. The first-order valence-corrected chi connectivity index (χ1v) is 8.53. The average molecular weight is 273 g/mol. The van der Waals surface area contributed by atoms with Crippen molar-refractivity contribution in [1.82, 2.24) is 4.31 Å². The molecule has 0 bridgehead atoms. The molecule has 1 saturated carbocycles. The van der Waals surface area contributed by atoms with E-state index in [1.54, 1.807) is 16.4 Å². The molecule has 0 unspecified atom stereocenters. The van der Waals surface area contributed by atoms with Crippen molar-refractivity contribution in [3.63, 3.8) is 0 Å². The Labute approximate surface area is 108 Å². The summed E-state index contributed by atoms with van der Waals surface area (Å²) in [4.78, 5) is 0. The summed E-state index contributed by atoms with van der Waals surface area (Å²) in [6, 6.07) is 3.71. The van der Waals surface area contributed by atoms with Crippen molar-refractivity contribution in [2.24, 2.45) is 0 Å². The van der Waals surface area contributed by atoms with Gasteiger partial charge in [-0.25, -0.2) is 8.42 Å². The second-order valence-corrected chi connectivity index (χ2v) is 7.50. The number of thiophene rings is 1. The van der Waals surface area contributed by atoms with E-state index >= 15 is 0 Å². The Morgan fingerprint density at radius 3 is 2.59 bits per heavy atom. The average Bonchev–Trinajstić information content (AvgIpc) is 2.85. The van der Waals surface area contributed by atoms with Crippen LogP contribution in [-0.4, -0.2) is 25.3 Å². The molecule has 0 aromatic carbocycles. The molecule has 1 aliphatic rings. The third kappa shape index (κ3) is 2.72. The van der Waals surface area contributed by atoms with Crippen LogP contribution in [0.25, 0.3) is 0 Å². The molecule has 1 fully saturated rings. The molecule has 1 aromatic rings. The van der Waals surface area contributed by atoms with Crippen LogP contribution in [0.3, 0.4) is 0 Å². The van der Waals surface area contributed by atoms with Crippen molar-refractivity contribution in [3.8, 4) is 0 Å². The largest absolute Gasteiger partial charge is 0.252 e. The molecule has 1 aromatic heterocycles. The van der Waals surface area contributed by atoms with Gasteiger partial charge in [0.25, 0.3) is 10.0 Å². The molecule has 1 heterocycles. The zero-order valence-corrected chi connectivity index (χ0v) is 11.8. The monoisotopic (exact) mass is 273 g/mol. The van der Waals surface area contributed by atoms with Crippen molar-refractivity contribution < 1.29 is 8.42 Å². The van der Waals surface area contributed by atoms with E-state index < -0.39 is 10.0 Å². The van der Waals surface area contributed by atoms with E-state index in [1.165, 1.54) is 17.8 Å². The first-order chi connectivity index (χ1) is 8.16. The first kappa shape index (κ1) is 13.1. The van der Waals surface area contributed by atoms with Gasteiger partial charge in [0.15, 0.2) is 0 Å². The Morgan fingerprint density at radius 2 is 2.06 bits per heavy atom. The van der Waals surface area contributed by atoms with Crippen molar-refractivity contribution in [2.75, 3.05) is 6.54 Å². The standard InChI is InChI=1S/C12H19NO2S2/c1-2-13(11-7-4-3-5-8-11)17(14,15)12-9-6-10-16-12/h6,9-11H,2-5,7-8H2,1H3. The molecule has 5 heteroatoms. The zero-order chi connectivity index (χ0) is 12.3. The molecule has 0 atom stereocenters. The van der Waals surface area contributed by atoms with Gasteiger partial charge in [-0.3, -0.25) is 0 Å². The van der Waals surface area contributed by atoms with Gasteiger partial charge in [0.2, 0.25) is 0 Å². The Hall–Kier alpha value is -0.390. The van der Waals surface area contributed by atoms with Gasteiger partial charge in [-0.2, -0.15) is 4.31 Å². The predicted octanol–water partition coefficient (Wildman–Crippen LogP) is 3.09. The Balaban J connectivity index is 2.23. The lowest BCUT2D eigenvalue weighted by atomic mass is 9.95. The van der Waals surface area contributed by atoms with Gasteiger partial charge in [0.05, 0.1) is 0 Å². The third-order valence-electron chi connectivity index (χ3n) is 3.35. The summed E-state index contributed by atoms with van der Waals surface area (Å²) in [6.45, 7) is 2.50. The Morgan fingerprint density at radius 1 is 1.35 bits per heavy atom.